The van der Waals surface area contributed by atoms with Gasteiger partial charge in [-0.05, 0) is 44.2 Å². The summed E-state index contributed by atoms with van der Waals surface area (Å²) in [7, 11) is 1.58. The van der Waals surface area contributed by atoms with Crippen LogP contribution in [0.25, 0.3) is 27.8 Å². The SMILES string of the molecule is COc1nc(N[C@H]2CC[C@@H](N3CCCC3=O)CC2)nc2[nH]cc(-c3ccc4ncc(F)n4c3)c12. The lowest BCUT2D eigenvalue weighted by Crippen LogP contribution is -2.41. The van der Waals surface area contributed by atoms with E-state index in [9.17, 15) is 9.18 Å². The number of fused-ring (bicyclic) bond motifs is 2. The highest BCUT2D eigenvalue weighted by Gasteiger charge is 2.31. The Hall–Kier alpha value is -3.69. The highest BCUT2D eigenvalue weighted by Crippen LogP contribution is 2.35. The van der Waals surface area contributed by atoms with Crippen LogP contribution in [0, 0.1) is 5.95 Å². The first kappa shape index (κ1) is 20.9. The molecule has 1 saturated carbocycles. The molecular formula is C24H26FN7O2. The summed E-state index contributed by atoms with van der Waals surface area (Å²) >= 11 is 0. The molecular weight excluding hydrogens is 437 g/mol. The number of likely N-dealkylation sites (tertiary alicyclic amines) is 1. The Labute approximate surface area is 195 Å². The minimum Gasteiger partial charge on any atom is -0.480 e. The van der Waals surface area contributed by atoms with Crippen LogP contribution in [0.15, 0.2) is 30.7 Å². The molecule has 0 aromatic carbocycles. The number of H-pyrrole nitrogens is 1. The van der Waals surface area contributed by atoms with Crippen molar-refractivity contribution in [3.8, 4) is 17.0 Å². The quantitative estimate of drug-likeness (QED) is 0.467. The van der Waals surface area contributed by atoms with Crippen molar-refractivity contribution >= 4 is 28.5 Å². The molecule has 1 aliphatic carbocycles. The summed E-state index contributed by atoms with van der Waals surface area (Å²) in [5, 5.41) is 4.20. The van der Waals surface area contributed by atoms with Crippen molar-refractivity contribution in [3.63, 3.8) is 0 Å². The smallest absolute Gasteiger partial charge is 0.228 e. The maximum absolute atomic E-state index is 14.0. The maximum Gasteiger partial charge on any atom is 0.228 e. The number of carbonyl (C=O) groups excluding carboxylic acids is 1. The van der Waals surface area contributed by atoms with E-state index < -0.39 is 5.95 Å². The first-order valence-corrected chi connectivity index (χ1v) is 11.7. The first-order chi connectivity index (χ1) is 16.6. The van der Waals surface area contributed by atoms with Gasteiger partial charge in [0.05, 0.1) is 18.7 Å². The van der Waals surface area contributed by atoms with Crippen LogP contribution in [0.5, 0.6) is 5.88 Å². The average molecular weight is 464 g/mol. The molecule has 1 aliphatic heterocycles. The highest BCUT2D eigenvalue weighted by molar-refractivity contribution is 5.97. The third-order valence-electron chi connectivity index (χ3n) is 7.04. The number of pyridine rings is 1. The van der Waals surface area contributed by atoms with E-state index in [4.69, 9.17) is 4.74 Å². The van der Waals surface area contributed by atoms with Gasteiger partial charge in [0.1, 0.15) is 11.3 Å². The van der Waals surface area contributed by atoms with Gasteiger partial charge < -0.3 is 19.9 Å². The number of nitrogens with zero attached hydrogens (tertiary/aromatic N) is 5. The lowest BCUT2D eigenvalue weighted by atomic mass is 9.90. The van der Waals surface area contributed by atoms with Gasteiger partial charge in [-0.15, -0.1) is 0 Å². The summed E-state index contributed by atoms with van der Waals surface area (Å²) in [5.41, 5.74) is 2.81. The molecule has 176 valence electrons. The standard InChI is InChI=1S/C24H26FN7O2/c1-34-23-21-17(14-4-9-19-26-12-18(25)32(19)13-14)11-27-22(21)29-24(30-23)28-15-5-7-16(8-6-15)31-10-2-3-20(31)33/h4,9,11-13,15-16H,2-3,5-8,10H2,1H3,(H2,27,28,29,30)/t15-,16+. The van der Waals surface area contributed by atoms with E-state index in [1.807, 2.05) is 12.3 Å². The zero-order valence-electron chi connectivity index (χ0n) is 18.9. The van der Waals surface area contributed by atoms with Crippen LogP contribution < -0.4 is 10.1 Å². The predicted octanol–water partition coefficient (Wildman–Crippen LogP) is 3.77. The van der Waals surface area contributed by atoms with Crippen molar-refractivity contribution in [3.05, 3.63) is 36.7 Å². The Balaban J connectivity index is 1.24. The number of hydrogen-bond donors (Lipinski definition) is 2. The fourth-order valence-electron chi connectivity index (χ4n) is 5.32. The normalized spacial score (nSPS) is 21.0. The van der Waals surface area contributed by atoms with Gasteiger partial charge >= 0.3 is 0 Å². The third kappa shape index (κ3) is 3.53. The van der Waals surface area contributed by atoms with Crippen molar-refractivity contribution in [2.24, 2.45) is 0 Å². The number of halogens is 1. The van der Waals surface area contributed by atoms with Gasteiger partial charge in [0.15, 0.2) is 0 Å². The summed E-state index contributed by atoms with van der Waals surface area (Å²) in [4.78, 5) is 30.7. The molecule has 2 aliphatic rings. The lowest BCUT2D eigenvalue weighted by molar-refractivity contribution is -0.130. The Kier molecular flexibility index (Phi) is 5.08. The van der Waals surface area contributed by atoms with Gasteiger partial charge in [-0.3, -0.25) is 9.20 Å². The van der Waals surface area contributed by atoms with Crippen molar-refractivity contribution < 1.29 is 13.9 Å². The number of ether oxygens (including phenoxy) is 1. The molecule has 4 aromatic rings. The largest absolute Gasteiger partial charge is 0.480 e. The molecule has 2 N–H and O–H groups in total. The third-order valence-corrected chi connectivity index (χ3v) is 7.04. The maximum atomic E-state index is 14.0. The predicted molar refractivity (Wildman–Crippen MR) is 125 cm³/mol. The van der Waals surface area contributed by atoms with Crippen molar-refractivity contribution in [2.45, 2.75) is 50.6 Å². The first-order valence-electron chi connectivity index (χ1n) is 11.7. The number of amides is 1. The molecule has 4 aromatic heterocycles. The molecule has 0 unspecified atom stereocenters. The van der Waals surface area contributed by atoms with Crippen LogP contribution in [-0.4, -0.2) is 60.9 Å². The van der Waals surface area contributed by atoms with Gasteiger partial charge in [-0.2, -0.15) is 14.4 Å². The zero-order chi connectivity index (χ0) is 23.2. The van der Waals surface area contributed by atoms with Crippen LogP contribution in [0.1, 0.15) is 38.5 Å². The number of aromatic amines is 1. The van der Waals surface area contributed by atoms with Gasteiger partial charge in [0, 0.05) is 48.6 Å². The van der Waals surface area contributed by atoms with Gasteiger partial charge in [0.25, 0.3) is 0 Å². The molecule has 5 heterocycles. The molecule has 6 rings (SSSR count). The van der Waals surface area contributed by atoms with E-state index in [0.29, 0.717) is 41.5 Å². The summed E-state index contributed by atoms with van der Waals surface area (Å²) in [6, 6.07) is 4.26. The summed E-state index contributed by atoms with van der Waals surface area (Å²) in [6.07, 6.45) is 10.3. The Morgan fingerprint density at radius 2 is 2.06 bits per heavy atom. The van der Waals surface area contributed by atoms with Gasteiger partial charge in [-0.25, -0.2) is 4.98 Å². The fraction of sp³-hybridized carbons (Fsp3) is 0.417. The lowest BCUT2D eigenvalue weighted by Gasteiger charge is -2.34. The second-order valence-electron chi connectivity index (χ2n) is 9.05. The number of nitrogens with one attached hydrogen (secondary N) is 2. The van der Waals surface area contributed by atoms with Gasteiger partial charge in [-0.1, -0.05) is 0 Å². The summed E-state index contributed by atoms with van der Waals surface area (Å²) in [6.45, 7) is 0.897. The van der Waals surface area contributed by atoms with E-state index in [1.165, 1.54) is 10.6 Å². The Morgan fingerprint density at radius 1 is 1.21 bits per heavy atom. The van der Waals surface area contributed by atoms with E-state index in [1.54, 1.807) is 19.4 Å². The molecule has 0 radical (unpaired) electrons. The Morgan fingerprint density at radius 3 is 2.82 bits per heavy atom. The number of methoxy groups -OCH3 is 1. The number of anilines is 1. The summed E-state index contributed by atoms with van der Waals surface area (Å²) in [5.74, 6) is 0.837. The number of hydrogen-bond acceptors (Lipinski definition) is 6. The fourth-order valence-corrected chi connectivity index (χ4v) is 5.32. The van der Waals surface area contributed by atoms with Gasteiger partial charge in [0.2, 0.25) is 23.7 Å². The topological polar surface area (TPSA) is 100 Å². The average Bonchev–Trinajstić information content (AvgIpc) is 3.57. The number of rotatable bonds is 5. The molecule has 1 saturated heterocycles. The van der Waals surface area contributed by atoms with E-state index in [-0.39, 0.29) is 6.04 Å². The molecule has 0 spiro atoms. The van der Waals surface area contributed by atoms with Crippen LogP contribution in [0.4, 0.5) is 10.3 Å². The minimum absolute atomic E-state index is 0.247. The van der Waals surface area contributed by atoms with Crippen LogP contribution in [0.2, 0.25) is 0 Å². The molecule has 0 bridgehead atoms. The second kappa shape index (κ2) is 8.27. The van der Waals surface area contributed by atoms with Crippen molar-refractivity contribution in [2.75, 3.05) is 19.0 Å². The number of imidazole rings is 1. The second-order valence-corrected chi connectivity index (χ2v) is 9.05. The van der Waals surface area contributed by atoms with E-state index in [0.717, 1.165) is 55.2 Å². The molecule has 2 fully saturated rings. The molecule has 0 atom stereocenters. The number of carbonyl (C=O) groups is 1. The number of aromatic nitrogens is 5. The van der Waals surface area contributed by atoms with Crippen LogP contribution in [-0.2, 0) is 4.79 Å². The summed E-state index contributed by atoms with van der Waals surface area (Å²) < 4.78 is 21.1. The molecule has 10 heteroatoms. The van der Waals surface area contributed by atoms with Crippen molar-refractivity contribution in [1.29, 1.82) is 0 Å². The van der Waals surface area contributed by atoms with Crippen LogP contribution in [0.3, 0.4) is 0 Å². The van der Waals surface area contributed by atoms with E-state index >= 15 is 0 Å². The minimum atomic E-state index is -0.421. The molecule has 1 amide bonds. The highest BCUT2D eigenvalue weighted by atomic mass is 19.1. The van der Waals surface area contributed by atoms with Crippen molar-refractivity contribution in [1.82, 2.24) is 29.2 Å². The Bertz CT molecular complexity index is 1370. The monoisotopic (exact) mass is 463 g/mol. The molecule has 34 heavy (non-hydrogen) atoms. The zero-order valence-corrected chi connectivity index (χ0v) is 18.9. The van der Waals surface area contributed by atoms with E-state index in [2.05, 4.69) is 30.2 Å². The molecule has 9 nitrogen and oxygen atoms in total. The van der Waals surface area contributed by atoms with Crippen LogP contribution >= 0.6 is 0 Å².